The number of hydrogen-bond acceptors (Lipinski definition) is 4. The first kappa shape index (κ1) is 12.7. The zero-order valence-electron chi connectivity index (χ0n) is 9.58. The van der Waals surface area contributed by atoms with Crippen LogP contribution in [-0.2, 0) is 11.2 Å². The van der Waals surface area contributed by atoms with Crippen molar-refractivity contribution in [2.45, 2.75) is 6.42 Å². The van der Waals surface area contributed by atoms with E-state index in [-0.39, 0.29) is 0 Å². The third-order valence-corrected chi connectivity index (χ3v) is 3.23. The molecule has 0 saturated heterocycles. The van der Waals surface area contributed by atoms with Crippen LogP contribution in [0.4, 0.5) is 0 Å². The van der Waals surface area contributed by atoms with Crippen LogP contribution in [0.25, 0.3) is 0 Å². The van der Waals surface area contributed by atoms with Crippen LogP contribution in [0.2, 0.25) is 0 Å². The summed E-state index contributed by atoms with van der Waals surface area (Å²) in [6.07, 6.45) is 0.831. The van der Waals surface area contributed by atoms with Crippen molar-refractivity contribution in [1.82, 2.24) is 0 Å². The molecule has 1 aromatic carbocycles. The van der Waals surface area contributed by atoms with E-state index in [1.807, 2.05) is 12.1 Å². The predicted molar refractivity (Wildman–Crippen MR) is 68.7 cm³/mol. The van der Waals surface area contributed by atoms with Crippen molar-refractivity contribution in [2.75, 3.05) is 33.0 Å². The monoisotopic (exact) mass is 301 g/mol. The lowest BCUT2D eigenvalue weighted by Crippen LogP contribution is -2.16. The standard InChI is InChI=1S/C12H16BrNO3/c13-10-8-12-11(16-5-6-17-12)7-9(10)1-3-15-4-2-14/h7-8H,1-6,14H2. The van der Waals surface area contributed by atoms with Crippen molar-refractivity contribution in [1.29, 1.82) is 0 Å². The molecular formula is C12H16BrNO3. The molecule has 2 N–H and O–H groups in total. The van der Waals surface area contributed by atoms with Crippen molar-refractivity contribution in [3.05, 3.63) is 22.2 Å². The summed E-state index contributed by atoms with van der Waals surface area (Å²) in [5.74, 6) is 1.61. The molecule has 5 heteroatoms. The number of fused-ring (bicyclic) bond motifs is 1. The SMILES string of the molecule is NCCOCCc1cc2c(cc1Br)OCCO2. The summed E-state index contributed by atoms with van der Waals surface area (Å²) >= 11 is 3.53. The van der Waals surface area contributed by atoms with Crippen LogP contribution >= 0.6 is 15.9 Å². The number of rotatable bonds is 5. The summed E-state index contributed by atoms with van der Waals surface area (Å²) < 4.78 is 17.4. The fraction of sp³-hybridized carbons (Fsp3) is 0.500. The van der Waals surface area contributed by atoms with Crippen LogP contribution in [0, 0.1) is 0 Å². The van der Waals surface area contributed by atoms with Gasteiger partial charge in [-0.2, -0.15) is 0 Å². The second kappa shape index (κ2) is 6.23. The van der Waals surface area contributed by atoms with Gasteiger partial charge in [0.1, 0.15) is 13.2 Å². The third kappa shape index (κ3) is 3.34. The van der Waals surface area contributed by atoms with Gasteiger partial charge in [0.25, 0.3) is 0 Å². The fourth-order valence-electron chi connectivity index (χ4n) is 1.67. The molecule has 4 nitrogen and oxygen atoms in total. The van der Waals surface area contributed by atoms with Gasteiger partial charge < -0.3 is 19.9 Å². The van der Waals surface area contributed by atoms with E-state index in [0.29, 0.717) is 33.0 Å². The summed E-state index contributed by atoms with van der Waals surface area (Å²) in [5, 5.41) is 0. The highest BCUT2D eigenvalue weighted by molar-refractivity contribution is 9.10. The molecule has 94 valence electrons. The lowest BCUT2D eigenvalue weighted by atomic mass is 10.1. The summed E-state index contributed by atoms with van der Waals surface area (Å²) in [6.45, 7) is 3.04. The Kier molecular flexibility index (Phi) is 4.65. The van der Waals surface area contributed by atoms with Crippen molar-refractivity contribution in [3.63, 3.8) is 0 Å². The van der Waals surface area contributed by atoms with Gasteiger partial charge in [-0.05, 0) is 24.1 Å². The molecule has 0 fully saturated rings. The van der Waals surface area contributed by atoms with E-state index in [0.717, 1.165) is 28.0 Å². The van der Waals surface area contributed by atoms with Gasteiger partial charge in [0.2, 0.25) is 0 Å². The molecule has 1 aliphatic rings. The fourth-order valence-corrected chi connectivity index (χ4v) is 2.19. The third-order valence-electron chi connectivity index (χ3n) is 2.49. The van der Waals surface area contributed by atoms with E-state index in [4.69, 9.17) is 19.9 Å². The average Bonchev–Trinajstić information content (AvgIpc) is 2.35. The van der Waals surface area contributed by atoms with Gasteiger partial charge in [-0.25, -0.2) is 0 Å². The van der Waals surface area contributed by atoms with Crippen LogP contribution in [0.1, 0.15) is 5.56 Å². The Hall–Kier alpha value is -0.780. The molecule has 0 spiro atoms. The normalized spacial score (nSPS) is 13.8. The van der Waals surface area contributed by atoms with Crippen molar-refractivity contribution >= 4 is 15.9 Å². The number of ether oxygens (including phenoxy) is 3. The molecule has 1 heterocycles. The molecule has 0 bridgehead atoms. The van der Waals surface area contributed by atoms with Gasteiger partial charge >= 0.3 is 0 Å². The largest absolute Gasteiger partial charge is 0.486 e. The van der Waals surface area contributed by atoms with E-state index in [9.17, 15) is 0 Å². The van der Waals surface area contributed by atoms with Gasteiger partial charge in [0.05, 0.1) is 13.2 Å². The minimum absolute atomic E-state index is 0.558. The molecule has 0 aliphatic carbocycles. The van der Waals surface area contributed by atoms with Crippen LogP contribution in [0.5, 0.6) is 11.5 Å². The van der Waals surface area contributed by atoms with Crippen LogP contribution in [-0.4, -0.2) is 33.0 Å². The molecule has 0 radical (unpaired) electrons. The summed E-state index contributed by atoms with van der Waals surface area (Å²) in [6, 6.07) is 3.96. The van der Waals surface area contributed by atoms with Gasteiger partial charge in [-0.1, -0.05) is 15.9 Å². The van der Waals surface area contributed by atoms with Gasteiger partial charge in [-0.3, -0.25) is 0 Å². The number of nitrogens with two attached hydrogens (primary N) is 1. The van der Waals surface area contributed by atoms with Crippen molar-refractivity contribution in [3.8, 4) is 11.5 Å². The van der Waals surface area contributed by atoms with Gasteiger partial charge in [0, 0.05) is 11.0 Å². The molecule has 0 atom stereocenters. The Balaban J connectivity index is 2.01. The Morgan fingerprint density at radius 3 is 2.59 bits per heavy atom. The van der Waals surface area contributed by atoms with Gasteiger partial charge in [-0.15, -0.1) is 0 Å². The lowest BCUT2D eigenvalue weighted by Gasteiger charge is -2.20. The maximum Gasteiger partial charge on any atom is 0.162 e. The maximum atomic E-state index is 5.54. The van der Waals surface area contributed by atoms with Crippen LogP contribution in [0.15, 0.2) is 16.6 Å². The number of hydrogen-bond donors (Lipinski definition) is 1. The first-order chi connectivity index (χ1) is 8.31. The van der Waals surface area contributed by atoms with E-state index >= 15 is 0 Å². The minimum atomic E-state index is 0.558. The maximum absolute atomic E-state index is 5.54. The average molecular weight is 302 g/mol. The topological polar surface area (TPSA) is 53.7 Å². The Bertz CT molecular complexity index is 384. The molecule has 2 rings (SSSR count). The Morgan fingerprint density at radius 2 is 1.88 bits per heavy atom. The highest BCUT2D eigenvalue weighted by Crippen LogP contribution is 2.35. The molecular weight excluding hydrogens is 286 g/mol. The Morgan fingerprint density at radius 1 is 1.18 bits per heavy atom. The molecule has 1 aromatic rings. The summed E-state index contributed by atoms with van der Waals surface area (Å²) in [5.41, 5.74) is 6.52. The minimum Gasteiger partial charge on any atom is -0.486 e. The quantitative estimate of drug-likeness (QED) is 0.842. The molecule has 0 saturated carbocycles. The predicted octanol–water partition coefficient (Wildman–Crippen LogP) is 1.74. The zero-order chi connectivity index (χ0) is 12.1. The zero-order valence-corrected chi connectivity index (χ0v) is 11.2. The summed E-state index contributed by atoms with van der Waals surface area (Å²) in [7, 11) is 0. The molecule has 1 aliphatic heterocycles. The van der Waals surface area contributed by atoms with E-state index in [1.54, 1.807) is 0 Å². The smallest absolute Gasteiger partial charge is 0.162 e. The number of benzene rings is 1. The highest BCUT2D eigenvalue weighted by atomic mass is 79.9. The molecule has 17 heavy (non-hydrogen) atoms. The van der Waals surface area contributed by atoms with E-state index in [2.05, 4.69) is 15.9 Å². The summed E-state index contributed by atoms with van der Waals surface area (Å²) in [4.78, 5) is 0. The molecule has 0 unspecified atom stereocenters. The van der Waals surface area contributed by atoms with Crippen molar-refractivity contribution in [2.24, 2.45) is 5.73 Å². The van der Waals surface area contributed by atoms with Crippen LogP contribution in [0.3, 0.4) is 0 Å². The lowest BCUT2D eigenvalue weighted by molar-refractivity contribution is 0.144. The number of halogens is 1. The van der Waals surface area contributed by atoms with Crippen LogP contribution < -0.4 is 15.2 Å². The second-order valence-electron chi connectivity index (χ2n) is 3.74. The first-order valence-corrected chi connectivity index (χ1v) is 6.46. The van der Waals surface area contributed by atoms with E-state index < -0.39 is 0 Å². The van der Waals surface area contributed by atoms with Gasteiger partial charge in [0.15, 0.2) is 11.5 Å². The second-order valence-corrected chi connectivity index (χ2v) is 4.59. The van der Waals surface area contributed by atoms with Crippen molar-refractivity contribution < 1.29 is 14.2 Å². The molecule has 0 amide bonds. The first-order valence-electron chi connectivity index (χ1n) is 5.67. The Labute approximate surface area is 109 Å². The highest BCUT2D eigenvalue weighted by Gasteiger charge is 2.14. The molecule has 0 aromatic heterocycles. The van der Waals surface area contributed by atoms with E-state index in [1.165, 1.54) is 0 Å².